The van der Waals surface area contributed by atoms with Crippen molar-refractivity contribution in [3.8, 4) is 0 Å². The van der Waals surface area contributed by atoms with E-state index in [0.717, 1.165) is 18.5 Å². The lowest BCUT2D eigenvalue weighted by molar-refractivity contribution is -0.136. The number of nitrogens with one attached hydrogen (secondary N) is 2. The van der Waals surface area contributed by atoms with E-state index in [-0.39, 0.29) is 12.0 Å². The summed E-state index contributed by atoms with van der Waals surface area (Å²) >= 11 is 0. The van der Waals surface area contributed by atoms with Gasteiger partial charge >= 0.3 is 5.97 Å². The average molecular weight is 238 g/mol. The number of aromatic nitrogens is 2. The fourth-order valence-electron chi connectivity index (χ4n) is 2.62. The summed E-state index contributed by atoms with van der Waals surface area (Å²) in [5.74, 6) is -0.466. The third kappa shape index (κ3) is 2.78. The molecule has 0 aliphatic heterocycles. The second-order valence-corrected chi connectivity index (χ2v) is 4.70. The van der Waals surface area contributed by atoms with Crippen LogP contribution in [0.4, 0.5) is 0 Å². The van der Waals surface area contributed by atoms with Gasteiger partial charge in [-0.3, -0.25) is 14.7 Å². The molecule has 0 spiro atoms. The van der Waals surface area contributed by atoms with Gasteiger partial charge in [-0.15, -0.1) is 0 Å². The SMILES string of the molecule is O=C(O)CCc1c(C2CCCCC2)[nH][nH]c1=O. The standard InChI is InChI=1S/C12H18N2O3/c15-10(16)7-6-9-11(13-14-12(9)17)8-4-2-1-3-5-8/h8H,1-7H2,(H,15,16)(H2,13,14,17). The summed E-state index contributed by atoms with van der Waals surface area (Å²) in [6.07, 6.45) is 6.16. The molecule has 94 valence electrons. The molecule has 0 bridgehead atoms. The highest BCUT2D eigenvalue weighted by Crippen LogP contribution is 2.32. The molecule has 1 aromatic heterocycles. The van der Waals surface area contributed by atoms with Gasteiger partial charge < -0.3 is 10.2 Å². The number of H-pyrrole nitrogens is 2. The molecule has 0 unspecified atom stereocenters. The Morgan fingerprint density at radius 3 is 2.59 bits per heavy atom. The summed E-state index contributed by atoms with van der Waals surface area (Å²) in [6, 6.07) is 0. The molecule has 1 heterocycles. The molecule has 0 radical (unpaired) electrons. The first kappa shape index (κ1) is 12.0. The van der Waals surface area contributed by atoms with Crippen molar-refractivity contribution >= 4 is 5.97 Å². The number of carbonyl (C=O) groups is 1. The van der Waals surface area contributed by atoms with Crippen LogP contribution in [0.3, 0.4) is 0 Å². The highest BCUT2D eigenvalue weighted by molar-refractivity contribution is 5.67. The first-order valence-corrected chi connectivity index (χ1v) is 6.19. The molecule has 5 nitrogen and oxygen atoms in total. The summed E-state index contributed by atoms with van der Waals surface area (Å²) in [6.45, 7) is 0. The summed E-state index contributed by atoms with van der Waals surface area (Å²) < 4.78 is 0. The maximum Gasteiger partial charge on any atom is 0.303 e. The Morgan fingerprint density at radius 1 is 1.24 bits per heavy atom. The number of hydrogen-bond acceptors (Lipinski definition) is 2. The summed E-state index contributed by atoms with van der Waals surface area (Å²) in [4.78, 5) is 22.2. The van der Waals surface area contributed by atoms with Gasteiger partial charge in [0.05, 0.1) is 0 Å². The van der Waals surface area contributed by atoms with E-state index < -0.39 is 5.97 Å². The lowest BCUT2D eigenvalue weighted by atomic mass is 9.85. The maximum absolute atomic E-state index is 11.6. The van der Waals surface area contributed by atoms with Crippen molar-refractivity contribution in [3.05, 3.63) is 21.6 Å². The normalized spacial score (nSPS) is 17.2. The van der Waals surface area contributed by atoms with Crippen LogP contribution in [0.1, 0.15) is 55.7 Å². The van der Waals surface area contributed by atoms with Crippen molar-refractivity contribution in [2.24, 2.45) is 0 Å². The minimum Gasteiger partial charge on any atom is -0.481 e. The third-order valence-corrected chi connectivity index (χ3v) is 3.51. The summed E-state index contributed by atoms with van der Waals surface area (Å²) in [5, 5.41) is 14.2. The minimum atomic E-state index is -0.861. The van der Waals surface area contributed by atoms with Crippen molar-refractivity contribution in [1.29, 1.82) is 0 Å². The molecule has 1 aromatic rings. The molecule has 1 aliphatic rings. The highest BCUT2D eigenvalue weighted by atomic mass is 16.4. The van der Waals surface area contributed by atoms with Gasteiger partial charge in [0.15, 0.2) is 0 Å². The van der Waals surface area contributed by atoms with Crippen molar-refractivity contribution in [2.45, 2.75) is 50.9 Å². The van der Waals surface area contributed by atoms with Crippen LogP contribution in [0.25, 0.3) is 0 Å². The van der Waals surface area contributed by atoms with E-state index in [9.17, 15) is 9.59 Å². The van der Waals surface area contributed by atoms with Crippen LogP contribution in [0.5, 0.6) is 0 Å². The lowest BCUT2D eigenvalue weighted by Crippen LogP contribution is -2.12. The van der Waals surface area contributed by atoms with Gasteiger partial charge in [0.25, 0.3) is 5.56 Å². The number of aliphatic carboxylic acids is 1. The Balaban J connectivity index is 2.15. The van der Waals surface area contributed by atoms with Gasteiger partial charge in [-0.1, -0.05) is 19.3 Å². The lowest BCUT2D eigenvalue weighted by Gasteiger charge is -2.21. The predicted octanol–water partition coefficient (Wildman–Crippen LogP) is 1.77. The Bertz CT molecular complexity index is 441. The van der Waals surface area contributed by atoms with Gasteiger partial charge in [-0.25, -0.2) is 0 Å². The second-order valence-electron chi connectivity index (χ2n) is 4.70. The minimum absolute atomic E-state index is 0.0145. The zero-order chi connectivity index (χ0) is 12.3. The van der Waals surface area contributed by atoms with Crippen molar-refractivity contribution < 1.29 is 9.90 Å². The van der Waals surface area contributed by atoms with Crippen LogP contribution in [0.2, 0.25) is 0 Å². The zero-order valence-corrected chi connectivity index (χ0v) is 9.79. The van der Waals surface area contributed by atoms with E-state index in [0.29, 0.717) is 17.9 Å². The Morgan fingerprint density at radius 2 is 1.94 bits per heavy atom. The third-order valence-electron chi connectivity index (χ3n) is 3.51. The van der Waals surface area contributed by atoms with E-state index in [4.69, 9.17) is 5.11 Å². The number of hydrogen-bond donors (Lipinski definition) is 3. The predicted molar refractivity (Wildman–Crippen MR) is 63.2 cm³/mol. The van der Waals surface area contributed by atoms with Crippen LogP contribution in [-0.2, 0) is 11.2 Å². The van der Waals surface area contributed by atoms with Gasteiger partial charge in [0.2, 0.25) is 0 Å². The maximum atomic E-state index is 11.6. The molecule has 1 aliphatic carbocycles. The van der Waals surface area contributed by atoms with Crippen LogP contribution >= 0.6 is 0 Å². The number of carboxylic acids is 1. The fraction of sp³-hybridized carbons (Fsp3) is 0.667. The molecule has 1 fully saturated rings. The van der Waals surface area contributed by atoms with Crippen LogP contribution in [0, 0.1) is 0 Å². The van der Waals surface area contributed by atoms with Gasteiger partial charge in [-0.2, -0.15) is 0 Å². The number of rotatable bonds is 4. The fourth-order valence-corrected chi connectivity index (χ4v) is 2.62. The van der Waals surface area contributed by atoms with E-state index in [1.54, 1.807) is 0 Å². The van der Waals surface area contributed by atoms with E-state index in [1.165, 1.54) is 19.3 Å². The van der Waals surface area contributed by atoms with E-state index in [1.807, 2.05) is 0 Å². The Labute approximate surface area is 99.2 Å². The van der Waals surface area contributed by atoms with Crippen LogP contribution in [0.15, 0.2) is 4.79 Å². The average Bonchev–Trinajstić information content (AvgIpc) is 2.69. The molecule has 3 N–H and O–H groups in total. The molecule has 2 rings (SSSR count). The van der Waals surface area contributed by atoms with Crippen molar-refractivity contribution in [1.82, 2.24) is 10.2 Å². The number of aromatic amines is 2. The molecular formula is C12H18N2O3. The summed E-state index contributed by atoms with van der Waals surface area (Å²) in [5.41, 5.74) is 1.42. The molecule has 1 saturated carbocycles. The Hall–Kier alpha value is -1.52. The Kier molecular flexibility index (Phi) is 3.66. The van der Waals surface area contributed by atoms with Gasteiger partial charge in [-0.05, 0) is 19.3 Å². The topological polar surface area (TPSA) is 85.9 Å². The quantitative estimate of drug-likeness (QED) is 0.747. The highest BCUT2D eigenvalue weighted by Gasteiger charge is 2.22. The van der Waals surface area contributed by atoms with Crippen LogP contribution in [-0.4, -0.2) is 21.3 Å². The smallest absolute Gasteiger partial charge is 0.303 e. The van der Waals surface area contributed by atoms with Crippen LogP contribution < -0.4 is 5.56 Å². The largest absolute Gasteiger partial charge is 0.481 e. The molecule has 0 amide bonds. The van der Waals surface area contributed by atoms with E-state index in [2.05, 4.69) is 10.2 Å². The van der Waals surface area contributed by atoms with Gasteiger partial charge in [0.1, 0.15) is 0 Å². The molecule has 0 saturated heterocycles. The summed E-state index contributed by atoms with van der Waals surface area (Å²) in [7, 11) is 0. The molecule has 17 heavy (non-hydrogen) atoms. The second kappa shape index (κ2) is 5.21. The van der Waals surface area contributed by atoms with Crippen molar-refractivity contribution in [3.63, 3.8) is 0 Å². The molecule has 5 heteroatoms. The molecule has 0 atom stereocenters. The van der Waals surface area contributed by atoms with E-state index >= 15 is 0 Å². The monoisotopic (exact) mass is 238 g/mol. The zero-order valence-electron chi connectivity index (χ0n) is 9.79. The van der Waals surface area contributed by atoms with Crippen molar-refractivity contribution in [2.75, 3.05) is 0 Å². The molecule has 0 aromatic carbocycles. The first-order chi connectivity index (χ1) is 8.18. The molecular weight excluding hydrogens is 220 g/mol. The van der Waals surface area contributed by atoms with Gasteiger partial charge in [0, 0.05) is 23.6 Å². The number of carboxylic acid groups (broad SMARTS) is 1. The first-order valence-electron chi connectivity index (χ1n) is 6.19.